The summed E-state index contributed by atoms with van der Waals surface area (Å²) >= 11 is 0. The number of nitrogens with one attached hydrogen (secondary N) is 4. The van der Waals surface area contributed by atoms with Crippen molar-refractivity contribution in [3.05, 3.63) is 193 Å². The number of aromatic nitrogens is 4. The van der Waals surface area contributed by atoms with Crippen molar-refractivity contribution in [2.75, 3.05) is 40.6 Å². The van der Waals surface area contributed by atoms with Gasteiger partial charge in [0.1, 0.15) is 12.7 Å². The van der Waals surface area contributed by atoms with Gasteiger partial charge < -0.3 is 48.7 Å². The number of carboxylic acids is 1. The number of ketones is 1. The quantitative estimate of drug-likeness (QED) is 0.00829. The average Bonchev–Trinajstić information content (AvgIpc) is 4.25. The fourth-order valence-electron chi connectivity index (χ4n) is 5.51. The highest BCUT2D eigenvalue weighted by Gasteiger charge is 2.13. The van der Waals surface area contributed by atoms with Gasteiger partial charge in [0.05, 0.1) is 37.5 Å². The molecule has 0 atom stereocenters. The third-order valence-corrected chi connectivity index (χ3v) is 9.61. The summed E-state index contributed by atoms with van der Waals surface area (Å²) in [5.74, 6) is -2.56. The molecule has 20 heteroatoms. The Labute approximate surface area is 463 Å². The van der Waals surface area contributed by atoms with Crippen LogP contribution in [0.2, 0.25) is 0 Å². The number of ether oxygens (including phenoxy) is 5. The SMILES string of the molecule is CCOC(=O)/C=C/c1ccc(C)cc1.CCOC(=O)CC(=O)O.CCOC(=O)c1c[nH]cc1C.COC(OC)C(=O)C=C(C)C.Cc1cc[nH]c1.Cc1cc[nH]c1C=O.Cc1cc[nH]c1CC[N+](=O)[O-].Cc1ccc(C=O)cc1. The number of methoxy groups -OCH3 is 2. The average molecular weight is 1100 g/mol. The Kier molecular flexibility index (Phi) is 40.6. The van der Waals surface area contributed by atoms with Gasteiger partial charge in [-0.2, -0.15) is 0 Å². The van der Waals surface area contributed by atoms with Crippen molar-refractivity contribution in [3.8, 4) is 0 Å². The number of aromatic amines is 4. The molecule has 430 valence electrons. The number of H-pyrrole nitrogens is 4. The summed E-state index contributed by atoms with van der Waals surface area (Å²) in [6, 6.07) is 21.2. The van der Waals surface area contributed by atoms with Crippen LogP contribution in [0.3, 0.4) is 0 Å². The van der Waals surface area contributed by atoms with E-state index in [-0.39, 0.29) is 35.8 Å². The van der Waals surface area contributed by atoms with Gasteiger partial charge in [-0.1, -0.05) is 65.2 Å². The molecule has 0 radical (unpaired) electrons. The minimum atomic E-state index is -1.16. The van der Waals surface area contributed by atoms with Crippen molar-refractivity contribution < 1.29 is 67.3 Å². The minimum Gasteiger partial charge on any atom is -0.481 e. The second kappa shape index (κ2) is 44.4. The lowest BCUT2D eigenvalue weighted by atomic mass is 10.1. The van der Waals surface area contributed by atoms with E-state index in [2.05, 4.69) is 31.6 Å². The van der Waals surface area contributed by atoms with E-state index in [9.17, 15) is 43.7 Å². The van der Waals surface area contributed by atoms with Gasteiger partial charge in [-0.3, -0.25) is 34.1 Å². The summed E-state index contributed by atoms with van der Waals surface area (Å²) in [7, 11) is 2.87. The van der Waals surface area contributed by atoms with Gasteiger partial charge in [0.25, 0.3) is 0 Å². The maximum absolute atomic E-state index is 11.1. The smallest absolute Gasteiger partial charge is 0.339 e. The third-order valence-electron chi connectivity index (χ3n) is 9.61. The van der Waals surface area contributed by atoms with Gasteiger partial charge in [0.15, 0.2) is 6.29 Å². The topological polar surface area (TPSA) is 292 Å². The number of allylic oxidation sites excluding steroid dienone is 1. The Morgan fingerprint density at radius 3 is 1.57 bits per heavy atom. The van der Waals surface area contributed by atoms with E-state index in [4.69, 9.17) is 24.1 Å². The maximum atomic E-state index is 11.1. The first-order valence-corrected chi connectivity index (χ1v) is 24.8. The predicted octanol–water partition coefficient (Wildman–Crippen LogP) is 10.6. The zero-order chi connectivity index (χ0) is 60.1. The van der Waals surface area contributed by atoms with Crippen molar-refractivity contribution in [2.24, 2.45) is 0 Å². The van der Waals surface area contributed by atoms with Crippen molar-refractivity contribution in [2.45, 2.75) is 95.3 Å². The number of aliphatic carboxylic acids is 1. The molecule has 0 saturated carbocycles. The predicted molar refractivity (Wildman–Crippen MR) is 304 cm³/mol. The van der Waals surface area contributed by atoms with Crippen molar-refractivity contribution >= 4 is 48.3 Å². The van der Waals surface area contributed by atoms with Gasteiger partial charge in [-0.15, -0.1) is 0 Å². The molecule has 0 fully saturated rings. The highest BCUT2D eigenvalue weighted by molar-refractivity contribution is 5.93. The number of aldehydes is 2. The van der Waals surface area contributed by atoms with E-state index < -0.39 is 24.6 Å². The first-order chi connectivity index (χ1) is 37.5. The van der Waals surface area contributed by atoms with E-state index in [1.54, 1.807) is 51.6 Å². The third kappa shape index (κ3) is 37.6. The fraction of sp³-hybridized carbons (Fsp3) is 0.339. The van der Waals surface area contributed by atoms with E-state index >= 15 is 0 Å². The summed E-state index contributed by atoms with van der Waals surface area (Å²) in [5.41, 5.74) is 11.6. The Balaban J connectivity index is 0. The number of hydrogen-bond acceptors (Lipinski definition) is 14. The number of carbonyl (C=O) groups excluding carboxylic acids is 6. The normalized spacial score (nSPS) is 9.54. The van der Waals surface area contributed by atoms with Crippen LogP contribution < -0.4 is 0 Å². The van der Waals surface area contributed by atoms with Crippen LogP contribution in [0.25, 0.3) is 6.08 Å². The van der Waals surface area contributed by atoms with Crippen LogP contribution in [0.15, 0.2) is 122 Å². The number of esters is 3. The van der Waals surface area contributed by atoms with E-state index in [0.29, 0.717) is 30.9 Å². The first kappa shape index (κ1) is 72.3. The van der Waals surface area contributed by atoms with Crippen LogP contribution in [-0.2, 0) is 49.3 Å². The molecule has 5 N–H and O–H groups in total. The largest absolute Gasteiger partial charge is 0.481 e. The van der Waals surface area contributed by atoms with Crippen LogP contribution in [0, 0.1) is 51.7 Å². The Morgan fingerprint density at radius 1 is 0.646 bits per heavy atom. The van der Waals surface area contributed by atoms with Gasteiger partial charge in [-0.05, 0) is 134 Å². The molecule has 20 nitrogen and oxygen atoms in total. The molecule has 0 aliphatic heterocycles. The highest BCUT2D eigenvalue weighted by atomic mass is 16.7. The molecule has 0 unspecified atom stereocenters. The zero-order valence-corrected chi connectivity index (χ0v) is 47.6. The standard InChI is InChI=1S/C12H14O2.C8H11NO2.C8H14O3.C8H8O.C7H10N2O2.C6H7NO.C5H7N.C5H8O4/c1-3-14-12(13)9-8-11-6-4-10(2)5-7-11;1-3-11-8(10)7-5-9-4-6(7)2;1-6(2)5-7(9)8(10-3)11-4;1-7-2-4-8(6-9)5-3-7;1-6-2-4-8-7(6)3-5-9(10)11;1-5-2-3-7-6(5)4-8;1-5-2-3-6-4-5;1-2-9-5(8)3-4(6)7/h4-9H,3H2,1-2H3;4-5,9H,3H2,1-2H3;5,8H,1-4H3;2-6H,1H3;2,4,8H,3,5H2,1H3;2-4,7H,1H3;2-4,6H,1H3;2-3H2,1H3,(H,6,7)/b9-8+;;;;;;;. The molecule has 2 aromatic carbocycles. The number of carboxylic acid groups (broad SMARTS) is 1. The van der Waals surface area contributed by atoms with Crippen molar-refractivity contribution in [3.63, 3.8) is 0 Å². The van der Waals surface area contributed by atoms with E-state index in [0.717, 1.165) is 51.7 Å². The number of hydrogen-bond donors (Lipinski definition) is 5. The monoisotopic (exact) mass is 1100 g/mol. The zero-order valence-electron chi connectivity index (χ0n) is 47.6. The number of carbonyl (C=O) groups is 7. The van der Waals surface area contributed by atoms with Gasteiger partial charge >= 0.3 is 23.9 Å². The summed E-state index contributed by atoms with van der Waals surface area (Å²) in [4.78, 5) is 94.6. The highest BCUT2D eigenvalue weighted by Crippen LogP contribution is 2.08. The fourth-order valence-corrected chi connectivity index (χ4v) is 5.51. The lowest BCUT2D eigenvalue weighted by molar-refractivity contribution is -0.479. The van der Waals surface area contributed by atoms with Crippen LogP contribution in [0.5, 0.6) is 0 Å². The molecule has 0 aliphatic rings. The number of nitro groups is 1. The second-order valence-electron chi connectivity index (χ2n) is 16.6. The molecule has 4 heterocycles. The molecule has 6 aromatic rings. The minimum absolute atomic E-state index is 0.00134. The summed E-state index contributed by atoms with van der Waals surface area (Å²) in [6.45, 7) is 21.7. The molecule has 0 saturated heterocycles. The van der Waals surface area contributed by atoms with Crippen LogP contribution >= 0.6 is 0 Å². The van der Waals surface area contributed by atoms with Crippen LogP contribution in [-0.4, -0.2) is 119 Å². The Morgan fingerprint density at radius 2 is 1.20 bits per heavy atom. The maximum Gasteiger partial charge on any atom is 0.339 e. The Bertz CT molecular complexity index is 2700. The summed E-state index contributed by atoms with van der Waals surface area (Å²) in [5, 5.41) is 18.0. The second-order valence-corrected chi connectivity index (χ2v) is 16.6. The van der Waals surface area contributed by atoms with E-state index in [1.165, 1.54) is 43.1 Å². The van der Waals surface area contributed by atoms with Gasteiger partial charge in [-0.25, -0.2) is 9.59 Å². The Hall–Kier alpha value is -8.75. The number of aryl methyl sites for hydroxylation is 6. The van der Waals surface area contributed by atoms with Gasteiger partial charge in [0, 0.05) is 73.7 Å². The molecular formula is C59H79N5O15. The molecule has 4 aromatic heterocycles. The number of benzene rings is 2. The molecule has 79 heavy (non-hydrogen) atoms. The summed E-state index contributed by atoms with van der Waals surface area (Å²) in [6.07, 6.45) is 16.4. The molecule has 6 rings (SSSR count). The van der Waals surface area contributed by atoms with Gasteiger partial charge in [0.2, 0.25) is 18.6 Å². The molecule has 0 aliphatic carbocycles. The lowest BCUT2D eigenvalue weighted by Gasteiger charge is -2.08. The number of rotatable bonds is 17. The summed E-state index contributed by atoms with van der Waals surface area (Å²) < 4.78 is 23.4. The van der Waals surface area contributed by atoms with Crippen LogP contribution in [0.1, 0.15) is 117 Å². The van der Waals surface area contributed by atoms with E-state index in [1.807, 2.05) is 128 Å². The number of nitrogens with zero attached hydrogens (tertiary/aromatic N) is 1. The molecule has 0 spiro atoms. The van der Waals surface area contributed by atoms with Crippen molar-refractivity contribution in [1.29, 1.82) is 0 Å². The van der Waals surface area contributed by atoms with Crippen molar-refractivity contribution in [1.82, 2.24) is 19.9 Å². The lowest BCUT2D eigenvalue weighted by Crippen LogP contribution is -2.23. The van der Waals surface area contributed by atoms with Crippen LogP contribution in [0.4, 0.5) is 0 Å². The molecule has 0 bridgehead atoms. The molecular weight excluding hydrogens is 1020 g/mol. The first-order valence-electron chi connectivity index (χ1n) is 24.8. The molecule has 0 amide bonds.